The zero-order valence-corrected chi connectivity index (χ0v) is 23.3. The van der Waals surface area contributed by atoms with E-state index in [1.807, 2.05) is 0 Å². The fraction of sp³-hybridized carbons (Fsp3) is 0.429. The van der Waals surface area contributed by atoms with E-state index in [1.165, 1.54) is 42.5 Å². The van der Waals surface area contributed by atoms with Crippen molar-refractivity contribution >= 4 is 29.0 Å². The number of nitrogens with zero attached hydrogens (tertiary/aromatic N) is 4. The molecule has 2 N–H and O–H groups in total. The smallest absolute Gasteiger partial charge is 0.408 e. The molecule has 9 nitrogen and oxygen atoms in total. The molecule has 3 aromatic rings. The molecule has 2 atom stereocenters. The molecule has 4 rings (SSSR count). The number of methoxy groups -OCH3 is 1. The second-order valence-electron chi connectivity index (χ2n) is 11.1. The summed E-state index contributed by atoms with van der Waals surface area (Å²) >= 11 is 0. The minimum absolute atomic E-state index is 0.0170. The average molecular weight is 577 g/mol. The van der Waals surface area contributed by atoms with Gasteiger partial charge in [0.25, 0.3) is 0 Å². The number of aromatic nitrogens is 2. The first-order chi connectivity index (χ1) is 19.2. The summed E-state index contributed by atoms with van der Waals surface area (Å²) in [5.41, 5.74) is 1.93. The molecule has 0 bridgehead atoms. The van der Waals surface area contributed by atoms with Gasteiger partial charge in [0.15, 0.2) is 0 Å². The Morgan fingerprint density at radius 1 is 1.20 bits per heavy atom. The van der Waals surface area contributed by atoms with Crippen LogP contribution in [0.3, 0.4) is 0 Å². The van der Waals surface area contributed by atoms with Crippen LogP contribution in [0.1, 0.15) is 51.4 Å². The molecule has 2 aromatic heterocycles. The monoisotopic (exact) mass is 576 g/mol. The first-order valence-corrected chi connectivity index (χ1v) is 12.9. The van der Waals surface area contributed by atoms with E-state index in [0.717, 1.165) is 6.20 Å². The molecule has 0 aliphatic carbocycles. The number of hydrogen-bond acceptors (Lipinski definition) is 8. The van der Waals surface area contributed by atoms with E-state index in [9.17, 15) is 22.4 Å². The van der Waals surface area contributed by atoms with Crippen LogP contribution in [0.15, 0.2) is 47.7 Å². The number of likely N-dealkylation sites (tertiary alicyclic amines) is 1. The fourth-order valence-electron chi connectivity index (χ4n) is 4.68. The highest BCUT2D eigenvalue weighted by Gasteiger charge is 2.49. The highest BCUT2D eigenvalue weighted by atomic mass is 19.4. The van der Waals surface area contributed by atoms with Gasteiger partial charge in [0.1, 0.15) is 34.5 Å². The Bertz CT molecular complexity index is 1430. The van der Waals surface area contributed by atoms with E-state index in [1.54, 1.807) is 39.8 Å². The number of pyridine rings is 2. The number of anilines is 1. The number of fused-ring (bicyclic) bond motifs is 1. The standard InChI is InChI=1S/C28H32F4N6O3/c1-26(2,3)41-25(39)36-27(4)10-11-38(16-27)24(28(30,31)32)18-7-9-22(33-14-18)37-34-15-20-8-6-17-12-19(29)13-21(40-5)23(17)35-20/h6-9,12-15,24H,10-11,16H2,1-5H3,(H,33,37)(H,36,39)/b34-15-/t24-,27-/m0/s1. The Balaban J connectivity index is 1.44. The number of carbonyl (C=O) groups excluding carboxylic acids is 1. The highest BCUT2D eigenvalue weighted by molar-refractivity contribution is 5.89. The molecule has 1 fully saturated rings. The summed E-state index contributed by atoms with van der Waals surface area (Å²) in [5, 5.41) is 7.35. The third-order valence-corrected chi connectivity index (χ3v) is 6.42. The van der Waals surface area contributed by atoms with Gasteiger partial charge in [-0.25, -0.2) is 19.2 Å². The van der Waals surface area contributed by atoms with E-state index in [0.29, 0.717) is 23.0 Å². The van der Waals surface area contributed by atoms with Crippen molar-refractivity contribution in [2.24, 2.45) is 5.10 Å². The molecule has 220 valence electrons. The Morgan fingerprint density at radius 3 is 2.59 bits per heavy atom. The Kier molecular flexibility index (Phi) is 8.39. The predicted octanol–water partition coefficient (Wildman–Crippen LogP) is 5.82. The van der Waals surface area contributed by atoms with Gasteiger partial charge in [0, 0.05) is 30.7 Å². The van der Waals surface area contributed by atoms with Crippen LogP contribution in [0.4, 0.5) is 28.2 Å². The van der Waals surface area contributed by atoms with E-state index < -0.39 is 35.3 Å². The first-order valence-electron chi connectivity index (χ1n) is 12.9. The lowest BCUT2D eigenvalue weighted by Gasteiger charge is -2.32. The fourth-order valence-corrected chi connectivity index (χ4v) is 4.68. The number of alkyl carbamates (subject to hydrolysis) is 1. The van der Waals surface area contributed by atoms with Gasteiger partial charge in [-0.05, 0) is 57.9 Å². The van der Waals surface area contributed by atoms with Crippen molar-refractivity contribution in [1.82, 2.24) is 20.2 Å². The molecule has 1 saturated heterocycles. The molecule has 41 heavy (non-hydrogen) atoms. The zero-order valence-electron chi connectivity index (χ0n) is 23.3. The average Bonchev–Trinajstić information content (AvgIpc) is 3.22. The number of nitrogens with one attached hydrogen (secondary N) is 2. The molecular formula is C28H32F4N6O3. The van der Waals surface area contributed by atoms with Gasteiger partial charge in [-0.15, -0.1) is 0 Å². The number of hydrogen-bond donors (Lipinski definition) is 2. The quantitative estimate of drug-likeness (QED) is 0.208. The summed E-state index contributed by atoms with van der Waals surface area (Å²) in [4.78, 5) is 22.0. The largest absolute Gasteiger partial charge is 0.494 e. The SMILES string of the molecule is COc1cc(F)cc2ccc(/C=N\Nc3ccc([C@H](N4CC[C@](C)(NC(=O)OC(C)(C)C)C4)C(F)(F)F)cn3)nc12. The van der Waals surface area contributed by atoms with Gasteiger partial charge < -0.3 is 14.8 Å². The van der Waals surface area contributed by atoms with Gasteiger partial charge in [0.05, 0.1) is 24.6 Å². The van der Waals surface area contributed by atoms with Crippen molar-refractivity contribution in [3.8, 4) is 5.75 Å². The molecule has 0 saturated carbocycles. The van der Waals surface area contributed by atoms with Crippen LogP contribution in [-0.2, 0) is 4.74 Å². The third kappa shape index (κ3) is 7.60. The molecule has 0 unspecified atom stereocenters. The highest BCUT2D eigenvalue weighted by Crippen LogP contribution is 2.41. The number of hydrazone groups is 1. The van der Waals surface area contributed by atoms with Crippen molar-refractivity contribution in [3.05, 3.63) is 59.7 Å². The summed E-state index contributed by atoms with van der Waals surface area (Å²) in [6.07, 6.45) is -2.36. The van der Waals surface area contributed by atoms with Gasteiger partial charge in [-0.2, -0.15) is 18.3 Å². The molecule has 0 radical (unpaired) electrons. The Morgan fingerprint density at radius 2 is 1.95 bits per heavy atom. The number of ether oxygens (including phenoxy) is 2. The van der Waals surface area contributed by atoms with Crippen LogP contribution in [0.2, 0.25) is 0 Å². The second kappa shape index (κ2) is 11.5. The maximum Gasteiger partial charge on any atom is 0.408 e. The van der Waals surface area contributed by atoms with Gasteiger partial charge in [-0.1, -0.05) is 12.1 Å². The van der Waals surface area contributed by atoms with Crippen LogP contribution < -0.4 is 15.5 Å². The van der Waals surface area contributed by atoms with Crippen LogP contribution >= 0.6 is 0 Å². The number of rotatable bonds is 7. The van der Waals surface area contributed by atoms with Crippen LogP contribution in [0.25, 0.3) is 10.9 Å². The third-order valence-electron chi connectivity index (χ3n) is 6.42. The number of benzene rings is 1. The molecule has 1 aliphatic rings. The summed E-state index contributed by atoms with van der Waals surface area (Å²) in [7, 11) is 1.42. The summed E-state index contributed by atoms with van der Waals surface area (Å²) in [6.45, 7) is 6.95. The minimum atomic E-state index is -4.57. The van der Waals surface area contributed by atoms with Crippen LogP contribution in [0.5, 0.6) is 5.75 Å². The zero-order chi connectivity index (χ0) is 30.0. The number of alkyl halides is 3. The van der Waals surface area contributed by atoms with Gasteiger partial charge in [-0.3, -0.25) is 10.3 Å². The Hall–Kier alpha value is -4.00. The number of amides is 1. The Labute approximate surface area is 234 Å². The minimum Gasteiger partial charge on any atom is -0.494 e. The van der Waals surface area contributed by atoms with Crippen molar-refractivity contribution in [3.63, 3.8) is 0 Å². The van der Waals surface area contributed by atoms with E-state index in [4.69, 9.17) is 9.47 Å². The number of carbonyl (C=O) groups is 1. The maximum absolute atomic E-state index is 14.2. The molecule has 1 aliphatic heterocycles. The van der Waals surface area contributed by atoms with Crippen LogP contribution in [-0.4, -0.2) is 64.7 Å². The van der Waals surface area contributed by atoms with Gasteiger partial charge >= 0.3 is 12.3 Å². The van der Waals surface area contributed by atoms with Crippen molar-refractivity contribution < 1.29 is 31.8 Å². The second-order valence-corrected chi connectivity index (χ2v) is 11.1. The summed E-state index contributed by atoms with van der Waals surface area (Å²) in [6, 6.07) is 6.71. The molecule has 13 heteroatoms. The van der Waals surface area contributed by atoms with Crippen molar-refractivity contribution in [2.45, 2.75) is 57.5 Å². The summed E-state index contributed by atoms with van der Waals surface area (Å²) < 4.78 is 66.8. The lowest BCUT2D eigenvalue weighted by atomic mass is 10.0. The lowest BCUT2D eigenvalue weighted by Crippen LogP contribution is -2.50. The molecule has 1 aromatic carbocycles. The maximum atomic E-state index is 14.2. The predicted molar refractivity (Wildman–Crippen MR) is 146 cm³/mol. The van der Waals surface area contributed by atoms with Crippen molar-refractivity contribution in [1.29, 1.82) is 0 Å². The molecule has 0 spiro atoms. The molecule has 1 amide bonds. The lowest BCUT2D eigenvalue weighted by molar-refractivity contribution is -0.184. The van der Waals surface area contributed by atoms with Crippen LogP contribution in [0, 0.1) is 5.82 Å². The molecular weight excluding hydrogens is 544 g/mol. The van der Waals surface area contributed by atoms with Crippen molar-refractivity contribution in [2.75, 3.05) is 25.6 Å². The van der Waals surface area contributed by atoms with Gasteiger partial charge in [0.2, 0.25) is 0 Å². The topological polar surface area (TPSA) is 101 Å². The number of halogens is 4. The first kappa shape index (κ1) is 30.0. The molecule has 3 heterocycles. The normalized spacial score (nSPS) is 19.0. The van der Waals surface area contributed by atoms with E-state index in [-0.39, 0.29) is 30.2 Å². The van der Waals surface area contributed by atoms with E-state index >= 15 is 0 Å². The summed E-state index contributed by atoms with van der Waals surface area (Å²) in [5.74, 6) is 0.0561. The van der Waals surface area contributed by atoms with E-state index in [2.05, 4.69) is 25.8 Å².